The maximum atomic E-state index is 12.1. The maximum absolute atomic E-state index is 12.1. The number of thiazole rings is 1. The highest BCUT2D eigenvalue weighted by Crippen LogP contribution is 2.23. The molecule has 2 heterocycles. The van der Waals surface area contributed by atoms with Crippen LogP contribution in [0.1, 0.15) is 23.2 Å². The zero-order valence-electron chi connectivity index (χ0n) is 12.8. The first-order chi connectivity index (χ1) is 10.3. The molecule has 1 amide bonds. The van der Waals surface area contributed by atoms with E-state index in [9.17, 15) is 14.9 Å². The van der Waals surface area contributed by atoms with Crippen molar-refractivity contribution in [3.05, 3.63) is 32.6 Å². The van der Waals surface area contributed by atoms with Gasteiger partial charge in [0.2, 0.25) is 5.91 Å². The number of hydrogen-bond donors (Lipinski definition) is 1. The highest BCUT2D eigenvalue weighted by molar-refractivity contribution is 7.15. The summed E-state index contributed by atoms with van der Waals surface area (Å²) in [6.45, 7) is 7.15. The summed E-state index contributed by atoms with van der Waals surface area (Å²) in [5, 5.41) is 18.4. The van der Waals surface area contributed by atoms with Crippen LogP contribution in [0.15, 0.2) is 6.20 Å². The smallest absolute Gasteiger partial charge is 0.302 e. The number of nitro groups is 1. The van der Waals surface area contributed by atoms with Gasteiger partial charge in [-0.15, -0.1) is 11.3 Å². The molecule has 2 rings (SSSR count). The minimum absolute atomic E-state index is 0.00292. The van der Waals surface area contributed by atoms with Gasteiger partial charge in [0.05, 0.1) is 17.4 Å². The Morgan fingerprint density at radius 2 is 2.18 bits per heavy atom. The number of amides is 1. The molecular weight excluding hydrogens is 306 g/mol. The summed E-state index contributed by atoms with van der Waals surface area (Å²) in [5.41, 5.74) is 0.807. The van der Waals surface area contributed by atoms with E-state index in [0.29, 0.717) is 16.5 Å². The van der Waals surface area contributed by atoms with E-state index in [1.807, 2.05) is 6.92 Å². The normalized spacial score (nSPS) is 12.2. The van der Waals surface area contributed by atoms with Gasteiger partial charge in [-0.05, 0) is 20.8 Å². The van der Waals surface area contributed by atoms with Gasteiger partial charge in [0, 0.05) is 11.1 Å². The van der Waals surface area contributed by atoms with Gasteiger partial charge in [-0.3, -0.25) is 19.6 Å². The quantitative estimate of drug-likeness (QED) is 0.672. The first kappa shape index (κ1) is 16.1. The Balaban J connectivity index is 2.08. The van der Waals surface area contributed by atoms with Gasteiger partial charge in [0.25, 0.3) is 0 Å². The summed E-state index contributed by atoms with van der Waals surface area (Å²) in [6.07, 6.45) is 1.69. The number of carbonyl (C=O) groups is 1. The molecule has 1 N–H and O–H groups in total. The number of hydrogen-bond acceptors (Lipinski definition) is 6. The topological polar surface area (TPSA) is 103 Å². The van der Waals surface area contributed by atoms with Crippen LogP contribution in [0.25, 0.3) is 0 Å². The van der Waals surface area contributed by atoms with E-state index >= 15 is 0 Å². The van der Waals surface area contributed by atoms with E-state index in [0.717, 1.165) is 4.88 Å². The highest BCUT2D eigenvalue weighted by atomic mass is 32.1. The molecule has 0 saturated heterocycles. The molecule has 0 spiro atoms. The van der Waals surface area contributed by atoms with Gasteiger partial charge >= 0.3 is 5.69 Å². The third-order valence-electron chi connectivity index (χ3n) is 3.27. The van der Waals surface area contributed by atoms with Gasteiger partial charge in [-0.1, -0.05) is 6.92 Å². The van der Waals surface area contributed by atoms with Crippen molar-refractivity contribution in [2.24, 2.45) is 5.92 Å². The van der Waals surface area contributed by atoms with E-state index in [1.54, 1.807) is 27.0 Å². The third-order valence-corrected chi connectivity index (χ3v) is 4.10. The second kappa shape index (κ2) is 6.22. The minimum Gasteiger partial charge on any atom is -0.302 e. The third kappa shape index (κ3) is 3.30. The van der Waals surface area contributed by atoms with Crippen molar-refractivity contribution in [1.29, 1.82) is 0 Å². The van der Waals surface area contributed by atoms with Gasteiger partial charge < -0.3 is 5.32 Å². The van der Waals surface area contributed by atoms with Crippen LogP contribution in [0.2, 0.25) is 0 Å². The van der Waals surface area contributed by atoms with Crippen LogP contribution in [0.4, 0.5) is 10.8 Å². The Bertz CT molecular complexity index is 721. The lowest BCUT2D eigenvalue weighted by Crippen LogP contribution is -2.25. The van der Waals surface area contributed by atoms with Crippen molar-refractivity contribution in [3.8, 4) is 0 Å². The first-order valence-corrected chi connectivity index (χ1v) is 7.53. The summed E-state index contributed by atoms with van der Waals surface area (Å²) in [6, 6.07) is 0. The van der Waals surface area contributed by atoms with Crippen LogP contribution in [-0.2, 0) is 11.3 Å². The van der Waals surface area contributed by atoms with Crippen molar-refractivity contribution < 1.29 is 9.72 Å². The van der Waals surface area contributed by atoms with Crippen LogP contribution in [-0.4, -0.2) is 25.6 Å². The molecular formula is C13H17N5O3S. The number of aromatic nitrogens is 3. The van der Waals surface area contributed by atoms with Crippen LogP contribution >= 0.6 is 11.3 Å². The zero-order valence-corrected chi connectivity index (χ0v) is 13.6. The molecule has 0 fully saturated rings. The summed E-state index contributed by atoms with van der Waals surface area (Å²) < 4.78 is 1.50. The van der Waals surface area contributed by atoms with E-state index in [-0.39, 0.29) is 24.1 Å². The summed E-state index contributed by atoms with van der Waals surface area (Å²) in [7, 11) is 0. The fourth-order valence-corrected chi connectivity index (χ4v) is 2.78. The highest BCUT2D eigenvalue weighted by Gasteiger charge is 2.24. The van der Waals surface area contributed by atoms with E-state index in [4.69, 9.17) is 0 Å². The number of aryl methyl sites for hydroxylation is 2. The summed E-state index contributed by atoms with van der Waals surface area (Å²) >= 11 is 1.40. The molecule has 0 aliphatic heterocycles. The van der Waals surface area contributed by atoms with Crippen molar-refractivity contribution in [2.75, 3.05) is 5.32 Å². The Labute approximate surface area is 131 Å². The summed E-state index contributed by atoms with van der Waals surface area (Å²) in [4.78, 5) is 27.8. The second-order valence-corrected chi connectivity index (χ2v) is 6.36. The van der Waals surface area contributed by atoms with Gasteiger partial charge in [0.15, 0.2) is 5.13 Å². The number of rotatable bonds is 5. The molecule has 0 unspecified atom stereocenters. The van der Waals surface area contributed by atoms with Gasteiger partial charge in [-0.25, -0.2) is 4.98 Å². The molecule has 0 bridgehead atoms. The van der Waals surface area contributed by atoms with Gasteiger partial charge in [0.1, 0.15) is 11.4 Å². The predicted molar refractivity (Wildman–Crippen MR) is 83.0 cm³/mol. The minimum atomic E-state index is -0.447. The van der Waals surface area contributed by atoms with Crippen LogP contribution in [0, 0.1) is 36.8 Å². The Kier molecular flexibility index (Phi) is 4.55. The van der Waals surface area contributed by atoms with Crippen molar-refractivity contribution in [2.45, 2.75) is 34.2 Å². The van der Waals surface area contributed by atoms with Gasteiger partial charge in [-0.2, -0.15) is 5.10 Å². The number of anilines is 1. The fourth-order valence-electron chi connectivity index (χ4n) is 2.11. The first-order valence-electron chi connectivity index (χ1n) is 6.71. The molecule has 1 atom stereocenters. The number of nitrogens with zero attached hydrogens (tertiary/aromatic N) is 4. The average Bonchev–Trinajstić information content (AvgIpc) is 2.93. The van der Waals surface area contributed by atoms with E-state index < -0.39 is 4.92 Å². The van der Waals surface area contributed by atoms with E-state index in [1.165, 1.54) is 16.0 Å². The molecule has 22 heavy (non-hydrogen) atoms. The lowest BCUT2D eigenvalue weighted by Gasteiger charge is -2.11. The monoisotopic (exact) mass is 323 g/mol. The molecule has 2 aromatic heterocycles. The second-order valence-electron chi connectivity index (χ2n) is 5.13. The molecule has 8 nitrogen and oxygen atoms in total. The molecule has 0 aromatic carbocycles. The molecule has 0 aliphatic carbocycles. The molecule has 0 radical (unpaired) electrons. The Hall–Kier alpha value is -2.29. The SMILES string of the molecule is Cc1cnc(NC(=O)[C@H](C)Cn2nc(C)c([N+](=O)[O-])c2C)s1. The lowest BCUT2D eigenvalue weighted by atomic mass is 10.1. The Morgan fingerprint density at radius 3 is 2.68 bits per heavy atom. The van der Waals surface area contributed by atoms with Crippen LogP contribution in [0.5, 0.6) is 0 Å². The molecule has 0 aliphatic rings. The Morgan fingerprint density at radius 1 is 1.50 bits per heavy atom. The largest absolute Gasteiger partial charge is 0.312 e. The average molecular weight is 323 g/mol. The zero-order chi connectivity index (χ0) is 16.4. The molecule has 0 saturated carbocycles. The lowest BCUT2D eigenvalue weighted by molar-refractivity contribution is -0.386. The molecule has 118 valence electrons. The maximum Gasteiger partial charge on any atom is 0.312 e. The standard InChI is InChI=1S/C13H17N5O3S/c1-7(12(19)15-13-14-5-8(2)22-13)6-17-10(4)11(18(20)21)9(3)16-17/h5,7H,6H2,1-4H3,(H,14,15,19)/t7-/m1/s1. The number of carbonyl (C=O) groups excluding carboxylic acids is 1. The fraction of sp³-hybridized carbons (Fsp3) is 0.462. The van der Waals surface area contributed by atoms with Crippen molar-refractivity contribution in [3.63, 3.8) is 0 Å². The van der Waals surface area contributed by atoms with E-state index in [2.05, 4.69) is 15.4 Å². The molecule has 9 heteroatoms. The molecule has 2 aromatic rings. The van der Waals surface area contributed by atoms with Crippen molar-refractivity contribution in [1.82, 2.24) is 14.8 Å². The van der Waals surface area contributed by atoms with Crippen LogP contribution in [0.3, 0.4) is 0 Å². The van der Waals surface area contributed by atoms with Crippen LogP contribution < -0.4 is 5.32 Å². The number of nitrogens with one attached hydrogen (secondary N) is 1. The van der Waals surface area contributed by atoms with Crippen molar-refractivity contribution >= 4 is 28.1 Å². The predicted octanol–water partition coefficient (Wildman–Crippen LogP) is 2.45. The summed E-state index contributed by atoms with van der Waals surface area (Å²) in [5.74, 6) is -0.577.